The molecule has 0 aliphatic heterocycles. The van der Waals surface area contributed by atoms with Gasteiger partial charge in [0.1, 0.15) is 17.1 Å². The molecule has 0 spiro atoms. The number of halogens is 1. The van der Waals surface area contributed by atoms with Crippen molar-refractivity contribution in [2.45, 2.75) is 18.7 Å². The highest BCUT2D eigenvalue weighted by molar-refractivity contribution is 8.21. The number of nitrogens with one attached hydrogen (secondary N) is 1. The summed E-state index contributed by atoms with van der Waals surface area (Å²) in [5, 5.41) is 4.26. The minimum Gasteiger partial charge on any atom is -0.493 e. The standard InChI is InChI=1S/C15H15ClN4O2S/c1-4-22-11-6-5-9(23-16)7-10(11)14-17-12-8(2)19-20(3)13(12)15(21)18-14/h5-7H,4H2,1-3H3,(H,17,18,21). The van der Waals surface area contributed by atoms with Gasteiger partial charge in [-0.15, -0.1) is 0 Å². The number of ether oxygens (including phenoxy) is 1. The summed E-state index contributed by atoms with van der Waals surface area (Å²) < 4.78 is 7.18. The van der Waals surface area contributed by atoms with Crippen LogP contribution in [0.5, 0.6) is 5.75 Å². The Bertz CT molecular complexity index is 935. The Labute approximate surface area is 141 Å². The average Bonchev–Trinajstić information content (AvgIpc) is 2.83. The number of fused-ring (bicyclic) bond motifs is 1. The Morgan fingerprint density at radius 3 is 2.91 bits per heavy atom. The first-order valence-corrected chi connectivity index (χ1v) is 8.68. The van der Waals surface area contributed by atoms with E-state index in [9.17, 15) is 4.79 Å². The number of nitrogens with zero attached hydrogens (tertiary/aromatic N) is 3. The van der Waals surface area contributed by atoms with Gasteiger partial charge in [-0.3, -0.25) is 9.48 Å². The fourth-order valence-corrected chi connectivity index (χ4v) is 3.06. The molecular weight excluding hydrogens is 336 g/mol. The highest BCUT2D eigenvalue weighted by Crippen LogP contribution is 2.33. The zero-order valence-corrected chi connectivity index (χ0v) is 14.5. The fourth-order valence-electron chi connectivity index (χ4n) is 2.49. The van der Waals surface area contributed by atoms with Crippen LogP contribution in [0.3, 0.4) is 0 Å². The molecule has 0 radical (unpaired) electrons. The first kappa shape index (κ1) is 15.9. The van der Waals surface area contributed by atoms with Gasteiger partial charge in [0.2, 0.25) is 0 Å². The predicted molar refractivity (Wildman–Crippen MR) is 92.2 cm³/mol. The van der Waals surface area contributed by atoms with Crippen molar-refractivity contribution in [2.24, 2.45) is 7.05 Å². The van der Waals surface area contributed by atoms with Crippen molar-refractivity contribution in [2.75, 3.05) is 6.61 Å². The van der Waals surface area contributed by atoms with Crippen molar-refractivity contribution >= 4 is 32.7 Å². The maximum absolute atomic E-state index is 12.4. The largest absolute Gasteiger partial charge is 0.493 e. The lowest BCUT2D eigenvalue weighted by Gasteiger charge is -2.10. The summed E-state index contributed by atoms with van der Waals surface area (Å²) in [5.74, 6) is 1.08. The minimum atomic E-state index is -0.237. The third kappa shape index (κ3) is 2.82. The second kappa shape index (κ2) is 6.25. The third-order valence-electron chi connectivity index (χ3n) is 3.46. The lowest BCUT2D eigenvalue weighted by molar-refractivity contribution is 0.341. The van der Waals surface area contributed by atoms with Crippen LogP contribution in [0.15, 0.2) is 27.9 Å². The third-order valence-corrected chi connectivity index (χ3v) is 4.42. The van der Waals surface area contributed by atoms with Gasteiger partial charge in [0.25, 0.3) is 5.56 Å². The number of benzene rings is 1. The van der Waals surface area contributed by atoms with E-state index in [4.69, 9.17) is 15.4 Å². The molecule has 1 N–H and O–H groups in total. The molecule has 1 aromatic carbocycles. The SMILES string of the molecule is CCOc1ccc(SCl)cc1-c1nc2c(C)nn(C)c2c(=O)[nH]1. The Kier molecular flexibility index (Phi) is 4.32. The van der Waals surface area contributed by atoms with Crippen LogP contribution in [0, 0.1) is 6.92 Å². The number of hydrogen-bond acceptors (Lipinski definition) is 5. The van der Waals surface area contributed by atoms with Crippen molar-refractivity contribution in [3.05, 3.63) is 34.2 Å². The quantitative estimate of drug-likeness (QED) is 0.781. The second-order valence-corrected chi connectivity index (χ2v) is 6.08. The molecule has 6 nitrogen and oxygen atoms in total. The molecule has 0 bridgehead atoms. The predicted octanol–water partition coefficient (Wildman–Crippen LogP) is 3.28. The maximum Gasteiger partial charge on any atom is 0.277 e. The Hall–Kier alpha value is -1.99. The van der Waals surface area contributed by atoms with Crippen LogP contribution in [0.25, 0.3) is 22.4 Å². The van der Waals surface area contributed by atoms with E-state index >= 15 is 0 Å². The van der Waals surface area contributed by atoms with Gasteiger partial charge in [-0.1, -0.05) is 0 Å². The van der Waals surface area contributed by atoms with Crippen molar-refractivity contribution in [1.82, 2.24) is 19.7 Å². The Morgan fingerprint density at radius 1 is 1.43 bits per heavy atom. The van der Waals surface area contributed by atoms with Gasteiger partial charge in [0, 0.05) is 11.9 Å². The van der Waals surface area contributed by atoms with Gasteiger partial charge in [-0.2, -0.15) is 5.10 Å². The monoisotopic (exact) mass is 350 g/mol. The normalized spacial score (nSPS) is 11.1. The molecule has 0 aliphatic rings. The van der Waals surface area contributed by atoms with Crippen molar-refractivity contribution < 1.29 is 4.74 Å². The van der Waals surface area contributed by atoms with Crippen LogP contribution in [0.2, 0.25) is 0 Å². The molecule has 0 amide bonds. The van der Waals surface area contributed by atoms with Crippen LogP contribution in [0.4, 0.5) is 0 Å². The van der Waals surface area contributed by atoms with Crippen LogP contribution >= 0.6 is 21.7 Å². The molecule has 120 valence electrons. The molecule has 3 rings (SSSR count). The highest BCUT2D eigenvalue weighted by Gasteiger charge is 2.16. The van der Waals surface area contributed by atoms with Gasteiger partial charge in [0.15, 0.2) is 5.52 Å². The van der Waals surface area contributed by atoms with Gasteiger partial charge in [-0.25, -0.2) is 4.98 Å². The molecule has 0 saturated heterocycles. The molecular formula is C15H15ClN4O2S. The second-order valence-electron chi connectivity index (χ2n) is 4.99. The zero-order chi connectivity index (χ0) is 16.6. The van der Waals surface area contributed by atoms with Gasteiger partial charge in [-0.05, 0) is 53.7 Å². The van der Waals surface area contributed by atoms with Gasteiger partial charge in [0.05, 0.1) is 17.9 Å². The van der Waals surface area contributed by atoms with E-state index in [-0.39, 0.29) is 5.56 Å². The molecule has 0 saturated carbocycles. The highest BCUT2D eigenvalue weighted by atomic mass is 35.7. The average molecular weight is 351 g/mol. The van der Waals surface area contributed by atoms with Gasteiger partial charge >= 0.3 is 0 Å². The van der Waals surface area contributed by atoms with E-state index in [1.807, 2.05) is 32.0 Å². The van der Waals surface area contributed by atoms with E-state index in [0.717, 1.165) is 15.9 Å². The van der Waals surface area contributed by atoms with Crippen molar-refractivity contribution in [3.8, 4) is 17.1 Å². The molecule has 2 aromatic heterocycles. The summed E-state index contributed by atoms with van der Waals surface area (Å²) >= 11 is 0. The Balaban J connectivity index is 2.28. The molecule has 3 aromatic rings. The van der Waals surface area contributed by atoms with E-state index in [1.54, 1.807) is 7.05 Å². The molecule has 8 heteroatoms. The first-order chi connectivity index (χ1) is 11.0. The first-order valence-electron chi connectivity index (χ1n) is 7.04. The number of hydrogen-bond donors (Lipinski definition) is 1. The summed E-state index contributed by atoms with van der Waals surface area (Å²) in [4.78, 5) is 20.6. The van der Waals surface area contributed by atoms with Crippen LogP contribution in [0.1, 0.15) is 12.6 Å². The van der Waals surface area contributed by atoms with Crippen molar-refractivity contribution in [1.29, 1.82) is 0 Å². The topological polar surface area (TPSA) is 72.8 Å². The van der Waals surface area contributed by atoms with Crippen LogP contribution in [-0.2, 0) is 7.05 Å². The number of aromatic amines is 1. The minimum absolute atomic E-state index is 0.237. The summed E-state index contributed by atoms with van der Waals surface area (Å²) in [7, 11) is 8.67. The summed E-state index contributed by atoms with van der Waals surface area (Å²) in [6.45, 7) is 4.24. The number of aryl methyl sites for hydroxylation is 2. The molecule has 0 atom stereocenters. The van der Waals surface area contributed by atoms with Crippen LogP contribution in [-0.4, -0.2) is 26.4 Å². The van der Waals surface area contributed by atoms with Gasteiger partial charge < -0.3 is 9.72 Å². The van der Waals surface area contributed by atoms with Crippen LogP contribution < -0.4 is 10.3 Å². The fraction of sp³-hybridized carbons (Fsp3) is 0.267. The van der Waals surface area contributed by atoms with E-state index in [1.165, 1.54) is 4.68 Å². The van der Waals surface area contributed by atoms with Crippen molar-refractivity contribution in [3.63, 3.8) is 0 Å². The van der Waals surface area contributed by atoms with E-state index < -0.39 is 0 Å². The number of rotatable bonds is 4. The van der Waals surface area contributed by atoms with E-state index in [0.29, 0.717) is 40.5 Å². The molecule has 23 heavy (non-hydrogen) atoms. The smallest absolute Gasteiger partial charge is 0.277 e. The molecule has 2 heterocycles. The lowest BCUT2D eigenvalue weighted by atomic mass is 10.2. The molecule has 0 aliphatic carbocycles. The number of aromatic nitrogens is 4. The lowest BCUT2D eigenvalue weighted by Crippen LogP contribution is -2.12. The Morgan fingerprint density at radius 2 is 2.22 bits per heavy atom. The maximum atomic E-state index is 12.4. The number of H-pyrrole nitrogens is 1. The van der Waals surface area contributed by atoms with E-state index in [2.05, 4.69) is 15.1 Å². The molecule has 0 fully saturated rings. The summed E-state index contributed by atoms with van der Waals surface area (Å²) in [6, 6.07) is 5.53. The summed E-state index contributed by atoms with van der Waals surface area (Å²) in [6.07, 6.45) is 0. The molecule has 0 unspecified atom stereocenters. The zero-order valence-electron chi connectivity index (χ0n) is 12.9. The summed E-state index contributed by atoms with van der Waals surface area (Å²) in [5.41, 5.74) is 2.19.